The van der Waals surface area contributed by atoms with Gasteiger partial charge in [0.05, 0.1) is 0 Å². The average molecular weight is 275 g/mol. The second-order valence-corrected chi connectivity index (χ2v) is 5.57. The molecule has 100 valence electrons. The van der Waals surface area contributed by atoms with Crippen LogP contribution >= 0.6 is 11.8 Å². The van der Waals surface area contributed by atoms with Gasteiger partial charge in [0.15, 0.2) is 0 Å². The zero-order valence-corrected chi connectivity index (χ0v) is 11.8. The lowest BCUT2D eigenvalue weighted by Crippen LogP contribution is -2.38. The number of thioether (sulfide) groups is 1. The van der Waals surface area contributed by atoms with E-state index in [1.807, 2.05) is 41.8 Å². The molecule has 0 radical (unpaired) electrons. The molecule has 19 heavy (non-hydrogen) atoms. The Labute approximate surface area is 118 Å². The molecule has 0 aliphatic carbocycles. The minimum atomic E-state index is -0.166. The van der Waals surface area contributed by atoms with Crippen LogP contribution in [0.3, 0.4) is 0 Å². The summed E-state index contributed by atoms with van der Waals surface area (Å²) < 4.78 is 0. The van der Waals surface area contributed by atoms with Gasteiger partial charge in [0, 0.05) is 35.7 Å². The largest absolute Gasteiger partial charge is 0.384 e. The van der Waals surface area contributed by atoms with E-state index in [2.05, 4.69) is 11.8 Å². The SMILES string of the molecule is Cc1c(C#CCO)cccc1C(=O)N1CCSCC1. The van der Waals surface area contributed by atoms with Gasteiger partial charge in [-0.2, -0.15) is 11.8 Å². The third-order valence-electron chi connectivity index (χ3n) is 3.16. The van der Waals surface area contributed by atoms with Crippen molar-refractivity contribution < 1.29 is 9.90 Å². The summed E-state index contributed by atoms with van der Waals surface area (Å²) in [5.41, 5.74) is 2.43. The van der Waals surface area contributed by atoms with Crippen molar-refractivity contribution in [2.45, 2.75) is 6.92 Å². The van der Waals surface area contributed by atoms with E-state index >= 15 is 0 Å². The van der Waals surface area contributed by atoms with E-state index in [0.717, 1.165) is 41.3 Å². The molecule has 1 saturated heterocycles. The Morgan fingerprint density at radius 2 is 2.16 bits per heavy atom. The van der Waals surface area contributed by atoms with Crippen LogP contribution < -0.4 is 0 Å². The molecule has 1 aromatic rings. The smallest absolute Gasteiger partial charge is 0.254 e. The van der Waals surface area contributed by atoms with E-state index < -0.39 is 0 Å². The average Bonchev–Trinajstić information content (AvgIpc) is 2.46. The summed E-state index contributed by atoms with van der Waals surface area (Å²) >= 11 is 1.89. The number of carbonyl (C=O) groups excluding carboxylic acids is 1. The lowest BCUT2D eigenvalue weighted by molar-refractivity contribution is 0.0771. The third-order valence-corrected chi connectivity index (χ3v) is 4.11. The van der Waals surface area contributed by atoms with Crippen LogP contribution in [-0.2, 0) is 0 Å². The lowest BCUT2D eigenvalue weighted by Gasteiger charge is -2.27. The summed E-state index contributed by atoms with van der Waals surface area (Å²) in [6.45, 7) is 3.37. The second kappa shape index (κ2) is 6.65. The molecule has 1 aliphatic heterocycles. The van der Waals surface area contributed by atoms with Crippen molar-refractivity contribution in [2.75, 3.05) is 31.2 Å². The number of benzene rings is 1. The molecule has 3 nitrogen and oxygen atoms in total. The first-order chi connectivity index (χ1) is 9.24. The molecule has 1 amide bonds. The number of carbonyl (C=O) groups is 1. The van der Waals surface area contributed by atoms with Crippen LogP contribution in [-0.4, -0.2) is 47.1 Å². The Morgan fingerprint density at radius 1 is 1.42 bits per heavy atom. The summed E-state index contributed by atoms with van der Waals surface area (Å²) in [6, 6.07) is 5.57. The molecule has 1 fully saturated rings. The van der Waals surface area contributed by atoms with Crippen LogP contribution in [0.15, 0.2) is 18.2 Å². The maximum Gasteiger partial charge on any atom is 0.254 e. The number of aliphatic hydroxyl groups is 1. The molecular weight excluding hydrogens is 258 g/mol. The molecule has 0 spiro atoms. The first-order valence-corrected chi connectivity index (χ1v) is 7.46. The maximum atomic E-state index is 12.5. The van der Waals surface area contributed by atoms with Crippen molar-refractivity contribution in [3.63, 3.8) is 0 Å². The first-order valence-electron chi connectivity index (χ1n) is 6.30. The van der Waals surface area contributed by atoms with Gasteiger partial charge >= 0.3 is 0 Å². The summed E-state index contributed by atoms with van der Waals surface area (Å²) in [4.78, 5) is 14.4. The normalized spacial score (nSPS) is 14.7. The molecule has 0 saturated carbocycles. The fourth-order valence-electron chi connectivity index (χ4n) is 2.07. The van der Waals surface area contributed by atoms with E-state index in [4.69, 9.17) is 5.11 Å². The van der Waals surface area contributed by atoms with Crippen LogP contribution in [0.1, 0.15) is 21.5 Å². The quantitative estimate of drug-likeness (QED) is 0.790. The molecule has 0 bridgehead atoms. The van der Waals surface area contributed by atoms with Crippen LogP contribution in [0.2, 0.25) is 0 Å². The predicted molar refractivity (Wildman–Crippen MR) is 78.4 cm³/mol. The zero-order chi connectivity index (χ0) is 13.7. The Morgan fingerprint density at radius 3 is 2.84 bits per heavy atom. The summed E-state index contributed by atoms with van der Waals surface area (Å²) in [5.74, 6) is 7.62. The Hall–Kier alpha value is -1.44. The van der Waals surface area contributed by atoms with Crippen molar-refractivity contribution in [1.29, 1.82) is 0 Å². The number of aliphatic hydroxyl groups excluding tert-OH is 1. The fourth-order valence-corrected chi connectivity index (χ4v) is 2.98. The second-order valence-electron chi connectivity index (χ2n) is 4.34. The molecule has 1 aromatic carbocycles. The van der Waals surface area contributed by atoms with Crippen LogP contribution in [0, 0.1) is 18.8 Å². The minimum absolute atomic E-state index is 0.0884. The highest BCUT2D eigenvalue weighted by atomic mass is 32.2. The number of amides is 1. The van der Waals surface area contributed by atoms with Gasteiger partial charge in [0.1, 0.15) is 6.61 Å². The Bertz CT molecular complexity index is 525. The fraction of sp³-hybridized carbons (Fsp3) is 0.400. The summed E-state index contributed by atoms with van der Waals surface area (Å²) in [7, 11) is 0. The van der Waals surface area contributed by atoms with Crippen LogP contribution in [0.5, 0.6) is 0 Å². The minimum Gasteiger partial charge on any atom is -0.384 e. The van der Waals surface area contributed by atoms with Gasteiger partial charge in [0.2, 0.25) is 0 Å². The van der Waals surface area contributed by atoms with E-state index in [1.54, 1.807) is 0 Å². The molecule has 2 rings (SSSR count). The summed E-state index contributed by atoms with van der Waals surface area (Å²) in [6.07, 6.45) is 0. The van der Waals surface area contributed by atoms with Gasteiger partial charge in [-0.05, 0) is 24.6 Å². The highest BCUT2D eigenvalue weighted by Crippen LogP contribution is 2.18. The van der Waals surface area contributed by atoms with E-state index in [9.17, 15) is 4.79 Å². The maximum absolute atomic E-state index is 12.5. The van der Waals surface area contributed by atoms with Crippen molar-refractivity contribution >= 4 is 17.7 Å². The van der Waals surface area contributed by atoms with Crippen LogP contribution in [0.4, 0.5) is 0 Å². The molecule has 0 unspecified atom stereocenters. The Kier molecular flexibility index (Phi) is 4.89. The standard InChI is InChI=1S/C15H17NO2S/c1-12-13(5-3-9-17)4-2-6-14(12)15(18)16-7-10-19-11-8-16/h2,4,6,17H,7-11H2,1H3. The lowest BCUT2D eigenvalue weighted by atomic mass is 10.0. The number of nitrogens with zero attached hydrogens (tertiary/aromatic N) is 1. The molecule has 0 atom stereocenters. The van der Waals surface area contributed by atoms with Crippen molar-refractivity contribution in [2.24, 2.45) is 0 Å². The topological polar surface area (TPSA) is 40.5 Å². The van der Waals surface area contributed by atoms with E-state index in [-0.39, 0.29) is 12.5 Å². The van der Waals surface area contributed by atoms with Crippen LogP contribution in [0.25, 0.3) is 0 Å². The molecular formula is C15H17NO2S. The number of hydrogen-bond donors (Lipinski definition) is 1. The van der Waals surface area contributed by atoms with Gasteiger partial charge < -0.3 is 10.0 Å². The zero-order valence-electron chi connectivity index (χ0n) is 11.0. The predicted octanol–water partition coefficient (Wildman–Crippen LogP) is 1.53. The molecule has 4 heteroatoms. The van der Waals surface area contributed by atoms with Crippen molar-refractivity contribution in [1.82, 2.24) is 4.90 Å². The monoisotopic (exact) mass is 275 g/mol. The Balaban J connectivity index is 2.26. The molecule has 1 aliphatic rings. The highest BCUT2D eigenvalue weighted by Gasteiger charge is 2.20. The number of hydrogen-bond acceptors (Lipinski definition) is 3. The summed E-state index contributed by atoms with van der Waals surface area (Å²) in [5, 5.41) is 8.75. The molecule has 1 N–H and O–H groups in total. The third kappa shape index (κ3) is 3.31. The first kappa shape index (κ1) is 14.0. The van der Waals surface area contributed by atoms with Gasteiger partial charge in [-0.3, -0.25) is 4.79 Å². The van der Waals surface area contributed by atoms with E-state index in [1.165, 1.54) is 0 Å². The van der Waals surface area contributed by atoms with Gasteiger partial charge in [-0.15, -0.1) is 0 Å². The molecule has 0 aromatic heterocycles. The van der Waals surface area contributed by atoms with E-state index in [0.29, 0.717) is 0 Å². The highest BCUT2D eigenvalue weighted by molar-refractivity contribution is 7.99. The van der Waals surface area contributed by atoms with Gasteiger partial charge in [0.25, 0.3) is 5.91 Å². The number of rotatable bonds is 1. The molecule has 1 heterocycles. The van der Waals surface area contributed by atoms with Crippen molar-refractivity contribution in [3.05, 3.63) is 34.9 Å². The van der Waals surface area contributed by atoms with Crippen molar-refractivity contribution in [3.8, 4) is 11.8 Å². The van der Waals surface area contributed by atoms with Gasteiger partial charge in [-0.1, -0.05) is 17.9 Å². The van der Waals surface area contributed by atoms with Gasteiger partial charge in [-0.25, -0.2) is 0 Å².